The first-order valence-corrected chi connectivity index (χ1v) is 20.4. The van der Waals surface area contributed by atoms with E-state index in [1.807, 2.05) is 12.1 Å². The molecule has 0 spiro atoms. The molecule has 4 nitrogen and oxygen atoms in total. The Balaban J connectivity index is 1.08. The molecule has 0 unspecified atom stereocenters. The number of aromatic nitrogens is 4. The molecule has 0 aliphatic heterocycles. The number of hydrogen-bond acceptors (Lipinski definition) is 2. The summed E-state index contributed by atoms with van der Waals surface area (Å²) in [5, 5.41) is 9.74. The maximum atomic E-state index is 5.50. The molecule has 12 aromatic rings. The zero-order valence-corrected chi connectivity index (χ0v) is 32.6. The van der Waals surface area contributed by atoms with Crippen LogP contribution in [0.2, 0.25) is 0 Å². The molecule has 0 amide bonds. The van der Waals surface area contributed by atoms with E-state index in [1.165, 1.54) is 71.0 Å². The van der Waals surface area contributed by atoms with Crippen LogP contribution in [0.15, 0.2) is 182 Å². The largest absolute Gasteiger partial charge is 0.309 e. The molecule has 1 aliphatic carbocycles. The van der Waals surface area contributed by atoms with Crippen molar-refractivity contribution < 1.29 is 0 Å². The standard InChI is InChI=1S/C55H36N4/c1-55(2)45-18-8-5-15-39(45)40-27-25-35(31-46(40)55)52-54(57-48-20-10-9-19-47(48)56-52)59-50-22-12-7-17-42(50)44-30-34-23-26-37(29-36(34)32-51(44)59)58-49-21-11-6-16-41(49)43-28-24-33-13-3-4-14-38(33)53(43)58/h3-32H,1-2H3. The van der Waals surface area contributed by atoms with E-state index in [0.717, 1.165) is 50.2 Å². The summed E-state index contributed by atoms with van der Waals surface area (Å²) in [6.07, 6.45) is 0. The van der Waals surface area contributed by atoms with Crippen LogP contribution in [0.25, 0.3) is 110 Å². The molecule has 0 N–H and O–H groups in total. The highest BCUT2D eigenvalue weighted by molar-refractivity contribution is 6.19. The number of rotatable bonds is 3. The third-order valence-electron chi connectivity index (χ3n) is 13.1. The summed E-state index contributed by atoms with van der Waals surface area (Å²) >= 11 is 0. The fourth-order valence-electron chi connectivity index (χ4n) is 10.3. The smallest absolute Gasteiger partial charge is 0.165 e. The lowest BCUT2D eigenvalue weighted by Crippen LogP contribution is -2.15. The van der Waals surface area contributed by atoms with Crippen molar-refractivity contribution in [3.8, 4) is 33.9 Å². The summed E-state index contributed by atoms with van der Waals surface area (Å²) in [6, 6.07) is 66.4. The van der Waals surface area contributed by atoms with Gasteiger partial charge in [0.25, 0.3) is 0 Å². The van der Waals surface area contributed by atoms with Gasteiger partial charge in [0.2, 0.25) is 0 Å². The molecule has 0 saturated carbocycles. The number of para-hydroxylation sites is 4. The van der Waals surface area contributed by atoms with E-state index < -0.39 is 0 Å². The Morgan fingerprint density at radius 3 is 1.92 bits per heavy atom. The van der Waals surface area contributed by atoms with Gasteiger partial charge in [-0.05, 0) is 93.0 Å². The quantitative estimate of drug-likeness (QED) is 0.180. The van der Waals surface area contributed by atoms with Crippen LogP contribution in [0.3, 0.4) is 0 Å². The third kappa shape index (κ3) is 4.49. The van der Waals surface area contributed by atoms with Crippen LogP contribution in [-0.4, -0.2) is 19.1 Å². The number of hydrogen-bond donors (Lipinski definition) is 0. The normalized spacial score (nSPS) is 13.4. The van der Waals surface area contributed by atoms with Crippen LogP contribution in [0.1, 0.15) is 25.0 Å². The van der Waals surface area contributed by atoms with Crippen molar-refractivity contribution in [1.82, 2.24) is 19.1 Å². The van der Waals surface area contributed by atoms with Gasteiger partial charge in [-0.15, -0.1) is 0 Å². The van der Waals surface area contributed by atoms with Gasteiger partial charge < -0.3 is 4.57 Å². The first-order valence-electron chi connectivity index (χ1n) is 20.4. The lowest BCUT2D eigenvalue weighted by molar-refractivity contribution is 0.660. The van der Waals surface area contributed by atoms with Crippen molar-refractivity contribution in [3.63, 3.8) is 0 Å². The summed E-state index contributed by atoms with van der Waals surface area (Å²) in [5.74, 6) is 0.826. The maximum Gasteiger partial charge on any atom is 0.165 e. The molecular weight excluding hydrogens is 717 g/mol. The highest BCUT2D eigenvalue weighted by atomic mass is 15.1. The van der Waals surface area contributed by atoms with E-state index in [9.17, 15) is 0 Å². The summed E-state index contributed by atoms with van der Waals surface area (Å²) in [4.78, 5) is 10.9. The maximum absolute atomic E-state index is 5.50. The molecule has 0 saturated heterocycles. The predicted molar refractivity (Wildman–Crippen MR) is 246 cm³/mol. The minimum absolute atomic E-state index is 0.140. The van der Waals surface area contributed by atoms with E-state index >= 15 is 0 Å². The molecule has 3 aromatic heterocycles. The van der Waals surface area contributed by atoms with Crippen LogP contribution in [0.5, 0.6) is 0 Å². The molecular formula is C55H36N4. The van der Waals surface area contributed by atoms with Crippen molar-refractivity contribution in [2.24, 2.45) is 0 Å². The predicted octanol–water partition coefficient (Wildman–Crippen LogP) is 14.1. The zero-order chi connectivity index (χ0) is 39.0. The van der Waals surface area contributed by atoms with Crippen molar-refractivity contribution in [1.29, 1.82) is 0 Å². The highest BCUT2D eigenvalue weighted by Gasteiger charge is 2.35. The van der Waals surface area contributed by atoms with Gasteiger partial charge >= 0.3 is 0 Å². The molecule has 0 radical (unpaired) electrons. The Hall–Kier alpha value is -7.56. The average Bonchev–Trinajstić information content (AvgIpc) is 3.87. The molecule has 3 heterocycles. The molecule has 9 aromatic carbocycles. The molecule has 276 valence electrons. The minimum atomic E-state index is -0.140. The number of fused-ring (bicyclic) bond motifs is 13. The van der Waals surface area contributed by atoms with E-state index in [1.54, 1.807) is 0 Å². The molecule has 0 atom stereocenters. The number of nitrogens with zero attached hydrogens (tertiary/aromatic N) is 4. The second-order valence-corrected chi connectivity index (χ2v) is 16.6. The van der Waals surface area contributed by atoms with Gasteiger partial charge in [-0.25, -0.2) is 9.97 Å². The van der Waals surface area contributed by atoms with Gasteiger partial charge in [0.15, 0.2) is 5.82 Å². The molecule has 4 heteroatoms. The van der Waals surface area contributed by atoms with Gasteiger partial charge in [0, 0.05) is 43.6 Å². The van der Waals surface area contributed by atoms with Gasteiger partial charge in [0.1, 0.15) is 5.69 Å². The van der Waals surface area contributed by atoms with Crippen molar-refractivity contribution >= 4 is 76.2 Å². The molecule has 0 fully saturated rings. The molecule has 13 rings (SSSR count). The van der Waals surface area contributed by atoms with Crippen LogP contribution >= 0.6 is 0 Å². The summed E-state index contributed by atoms with van der Waals surface area (Å²) in [5.41, 5.74) is 14.6. The number of benzene rings is 9. The van der Waals surface area contributed by atoms with Crippen molar-refractivity contribution in [2.45, 2.75) is 19.3 Å². The summed E-state index contributed by atoms with van der Waals surface area (Å²) < 4.78 is 4.80. The Labute approximate surface area is 340 Å². The van der Waals surface area contributed by atoms with Gasteiger partial charge in [-0.3, -0.25) is 4.57 Å². The summed E-state index contributed by atoms with van der Waals surface area (Å²) in [7, 11) is 0. The first kappa shape index (κ1) is 32.5. The zero-order valence-electron chi connectivity index (χ0n) is 32.6. The van der Waals surface area contributed by atoms with Crippen molar-refractivity contribution in [3.05, 3.63) is 193 Å². The summed E-state index contributed by atoms with van der Waals surface area (Å²) in [6.45, 7) is 4.67. The Bertz CT molecular complexity index is 3770. The fourth-order valence-corrected chi connectivity index (χ4v) is 10.3. The molecule has 1 aliphatic rings. The monoisotopic (exact) mass is 752 g/mol. The van der Waals surface area contributed by atoms with Gasteiger partial charge in [-0.1, -0.05) is 141 Å². The van der Waals surface area contributed by atoms with Crippen molar-refractivity contribution in [2.75, 3.05) is 0 Å². The van der Waals surface area contributed by atoms with Crippen LogP contribution in [-0.2, 0) is 5.41 Å². The van der Waals surface area contributed by atoms with Gasteiger partial charge in [-0.2, -0.15) is 0 Å². The molecule has 59 heavy (non-hydrogen) atoms. The van der Waals surface area contributed by atoms with Crippen LogP contribution in [0.4, 0.5) is 0 Å². The van der Waals surface area contributed by atoms with Crippen LogP contribution in [0, 0.1) is 0 Å². The van der Waals surface area contributed by atoms with E-state index in [4.69, 9.17) is 9.97 Å². The molecule has 0 bridgehead atoms. The Kier molecular flexibility index (Phi) is 6.48. The topological polar surface area (TPSA) is 35.6 Å². The van der Waals surface area contributed by atoms with E-state index in [0.29, 0.717) is 0 Å². The SMILES string of the molecule is CC1(C)c2ccccc2-c2ccc(-c3nc4ccccc4nc3-n3c4ccccc4c4cc5ccc(-n6c7ccccc7c7ccc8ccccc8c76)cc5cc43)cc21. The lowest BCUT2D eigenvalue weighted by Gasteiger charge is -2.22. The lowest BCUT2D eigenvalue weighted by atomic mass is 9.82. The average molecular weight is 753 g/mol. The second-order valence-electron chi connectivity index (χ2n) is 16.6. The van der Waals surface area contributed by atoms with Crippen LogP contribution < -0.4 is 0 Å². The fraction of sp³-hybridized carbons (Fsp3) is 0.0545. The Morgan fingerprint density at radius 2 is 1.07 bits per heavy atom. The highest BCUT2D eigenvalue weighted by Crippen LogP contribution is 2.50. The van der Waals surface area contributed by atoms with E-state index in [-0.39, 0.29) is 5.41 Å². The minimum Gasteiger partial charge on any atom is -0.309 e. The van der Waals surface area contributed by atoms with E-state index in [2.05, 4.69) is 193 Å². The van der Waals surface area contributed by atoms with Gasteiger partial charge in [0.05, 0.1) is 33.1 Å². The first-order chi connectivity index (χ1) is 29.0. The Morgan fingerprint density at radius 1 is 0.407 bits per heavy atom. The third-order valence-corrected chi connectivity index (χ3v) is 13.1. The second kappa shape index (κ2) is 11.7.